The summed E-state index contributed by atoms with van der Waals surface area (Å²) in [6, 6.07) is 2.37. The van der Waals surface area contributed by atoms with Gasteiger partial charge < -0.3 is 10.2 Å². The molecule has 0 unspecified atom stereocenters. The van der Waals surface area contributed by atoms with Gasteiger partial charge in [-0.05, 0) is 38.5 Å². The first-order valence-corrected chi connectivity index (χ1v) is 7.55. The Balaban J connectivity index is 3.29. The van der Waals surface area contributed by atoms with E-state index in [1.165, 1.54) is 32.9 Å². The maximum absolute atomic E-state index is 12.2. The second-order valence-electron chi connectivity index (χ2n) is 5.02. The molecule has 0 heterocycles. The van der Waals surface area contributed by atoms with Crippen molar-refractivity contribution in [3.63, 3.8) is 0 Å². The Morgan fingerprint density at radius 1 is 1.40 bits per heavy atom. The van der Waals surface area contributed by atoms with E-state index in [9.17, 15) is 18.3 Å². The van der Waals surface area contributed by atoms with E-state index >= 15 is 0 Å². The normalized spacial score (nSPS) is 12.4. The molecule has 0 amide bonds. The maximum Gasteiger partial charge on any atom is 0.336 e. The predicted octanol–water partition coefficient (Wildman–Crippen LogP) is 1.40. The minimum Gasteiger partial charge on any atom is -0.478 e. The van der Waals surface area contributed by atoms with Gasteiger partial charge in [0.25, 0.3) is 0 Å². The predicted molar refractivity (Wildman–Crippen MR) is 74.6 cm³/mol. The van der Waals surface area contributed by atoms with E-state index in [0.29, 0.717) is 0 Å². The maximum atomic E-state index is 12.2. The zero-order chi connectivity index (χ0) is 15.7. The first-order valence-electron chi connectivity index (χ1n) is 5.69. The van der Waals surface area contributed by atoms with Crippen LogP contribution in [0.4, 0.5) is 0 Å². The molecular weight excluding hydrogens is 306 g/mol. The van der Waals surface area contributed by atoms with Gasteiger partial charge in [0, 0.05) is 11.6 Å². The molecule has 0 saturated carbocycles. The number of nitrogens with one attached hydrogen (secondary N) is 1. The lowest BCUT2D eigenvalue weighted by Crippen LogP contribution is -2.38. The standard InChI is InChI=1S/C12H16ClNO5S/c1-7-9(11(15)16)4-8(13)5-10(7)20(18,19)14-6-12(2,3)17/h4-5,14,17H,6H2,1-3H3,(H,15,16). The molecule has 0 bridgehead atoms. The summed E-state index contributed by atoms with van der Waals surface area (Å²) >= 11 is 5.76. The second kappa shape index (κ2) is 5.69. The lowest BCUT2D eigenvalue weighted by atomic mass is 10.1. The molecule has 0 radical (unpaired) electrons. The molecule has 6 nitrogen and oxygen atoms in total. The van der Waals surface area contributed by atoms with E-state index in [4.69, 9.17) is 16.7 Å². The first kappa shape index (κ1) is 16.9. The fourth-order valence-electron chi connectivity index (χ4n) is 1.50. The number of halogens is 1. The van der Waals surface area contributed by atoms with Crippen molar-refractivity contribution in [2.45, 2.75) is 31.3 Å². The molecule has 0 aliphatic carbocycles. The number of hydrogen-bond acceptors (Lipinski definition) is 4. The number of sulfonamides is 1. The van der Waals surface area contributed by atoms with Crippen molar-refractivity contribution >= 4 is 27.6 Å². The highest BCUT2D eigenvalue weighted by Crippen LogP contribution is 2.24. The van der Waals surface area contributed by atoms with Crippen LogP contribution in [0.1, 0.15) is 29.8 Å². The molecule has 0 aliphatic heterocycles. The molecule has 8 heteroatoms. The summed E-state index contributed by atoms with van der Waals surface area (Å²) in [5.41, 5.74) is -1.32. The Labute approximate surface area is 122 Å². The lowest BCUT2D eigenvalue weighted by Gasteiger charge is -2.18. The van der Waals surface area contributed by atoms with Crippen LogP contribution in [0.15, 0.2) is 17.0 Å². The average Bonchev–Trinajstić information content (AvgIpc) is 2.28. The van der Waals surface area contributed by atoms with Crippen LogP contribution in [0.3, 0.4) is 0 Å². The first-order chi connectivity index (χ1) is 8.94. The van der Waals surface area contributed by atoms with Crippen LogP contribution < -0.4 is 4.72 Å². The highest BCUT2D eigenvalue weighted by atomic mass is 35.5. The van der Waals surface area contributed by atoms with Crippen LogP contribution in [0.5, 0.6) is 0 Å². The summed E-state index contributed by atoms with van der Waals surface area (Å²) in [6.45, 7) is 4.08. The Morgan fingerprint density at radius 2 is 1.95 bits per heavy atom. The molecule has 3 N–H and O–H groups in total. The van der Waals surface area contributed by atoms with E-state index < -0.39 is 21.6 Å². The van der Waals surface area contributed by atoms with Gasteiger partial charge in [-0.2, -0.15) is 0 Å². The van der Waals surface area contributed by atoms with E-state index in [-0.39, 0.29) is 27.6 Å². The van der Waals surface area contributed by atoms with Crippen molar-refractivity contribution in [1.29, 1.82) is 0 Å². The molecule has 20 heavy (non-hydrogen) atoms. The molecule has 0 aliphatic rings. The third-order valence-corrected chi connectivity index (χ3v) is 4.29. The fraction of sp³-hybridized carbons (Fsp3) is 0.417. The molecule has 0 spiro atoms. The molecule has 1 rings (SSSR count). The topological polar surface area (TPSA) is 104 Å². The minimum absolute atomic E-state index is 0.0108. The van der Waals surface area contributed by atoms with Crippen LogP contribution in [0.25, 0.3) is 0 Å². The monoisotopic (exact) mass is 321 g/mol. The second-order valence-corrected chi connectivity index (χ2v) is 7.19. The highest BCUT2D eigenvalue weighted by molar-refractivity contribution is 7.89. The zero-order valence-corrected chi connectivity index (χ0v) is 12.8. The smallest absolute Gasteiger partial charge is 0.336 e. The summed E-state index contributed by atoms with van der Waals surface area (Å²) in [7, 11) is -3.96. The van der Waals surface area contributed by atoms with Crippen LogP contribution in [0.2, 0.25) is 5.02 Å². The Morgan fingerprint density at radius 3 is 2.40 bits per heavy atom. The highest BCUT2D eigenvalue weighted by Gasteiger charge is 2.24. The molecular formula is C12H16ClNO5S. The molecule has 1 aromatic rings. The average molecular weight is 322 g/mol. The molecule has 112 valence electrons. The number of carboxylic acids is 1. The number of carboxylic acid groups (broad SMARTS) is 1. The summed E-state index contributed by atoms with van der Waals surface area (Å²) in [5, 5.41) is 18.6. The van der Waals surface area contributed by atoms with Gasteiger partial charge in [0.15, 0.2) is 0 Å². The van der Waals surface area contributed by atoms with Gasteiger partial charge in [-0.3, -0.25) is 0 Å². The van der Waals surface area contributed by atoms with Crippen molar-refractivity contribution in [3.05, 3.63) is 28.3 Å². The number of rotatable bonds is 5. The van der Waals surface area contributed by atoms with Gasteiger partial charge in [0.05, 0.1) is 16.1 Å². The van der Waals surface area contributed by atoms with E-state index in [1.807, 2.05) is 0 Å². The molecule has 0 saturated heterocycles. The molecule has 0 atom stereocenters. The van der Waals surface area contributed by atoms with Gasteiger partial charge in [0.1, 0.15) is 0 Å². The van der Waals surface area contributed by atoms with E-state index in [2.05, 4.69) is 4.72 Å². The van der Waals surface area contributed by atoms with Gasteiger partial charge >= 0.3 is 5.97 Å². The van der Waals surface area contributed by atoms with E-state index in [0.717, 1.165) is 0 Å². The third-order valence-electron chi connectivity index (χ3n) is 2.54. The van der Waals surface area contributed by atoms with E-state index in [1.54, 1.807) is 0 Å². The van der Waals surface area contributed by atoms with Crippen LogP contribution in [-0.4, -0.2) is 36.7 Å². The summed E-state index contributed by atoms with van der Waals surface area (Å²) in [5.74, 6) is -1.26. The fourth-order valence-corrected chi connectivity index (χ4v) is 3.28. The van der Waals surface area contributed by atoms with Gasteiger partial charge in [-0.25, -0.2) is 17.9 Å². The van der Waals surface area contributed by atoms with Crippen molar-refractivity contribution in [3.8, 4) is 0 Å². The number of hydrogen-bond donors (Lipinski definition) is 3. The van der Waals surface area contributed by atoms with Crippen molar-refractivity contribution in [2.75, 3.05) is 6.54 Å². The Hall–Kier alpha value is -1.15. The summed E-state index contributed by atoms with van der Waals surface area (Å²) in [6.07, 6.45) is 0. The largest absolute Gasteiger partial charge is 0.478 e. The summed E-state index contributed by atoms with van der Waals surface area (Å²) in [4.78, 5) is 10.8. The number of aliphatic hydroxyl groups is 1. The van der Waals surface area contributed by atoms with Crippen LogP contribution in [0, 0.1) is 6.92 Å². The zero-order valence-electron chi connectivity index (χ0n) is 11.3. The summed E-state index contributed by atoms with van der Waals surface area (Å²) < 4.78 is 26.5. The van der Waals surface area contributed by atoms with Gasteiger partial charge in [-0.15, -0.1) is 0 Å². The molecule has 0 fully saturated rings. The third kappa shape index (κ3) is 4.17. The molecule has 0 aromatic heterocycles. The Bertz CT molecular complexity index is 634. The Kier molecular flexibility index (Phi) is 4.81. The number of carbonyl (C=O) groups is 1. The van der Waals surface area contributed by atoms with Crippen molar-refractivity contribution < 1.29 is 23.4 Å². The van der Waals surface area contributed by atoms with Gasteiger partial charge in [0.2, 0.25) is 10.0 Å². The van der Waals surface area contributed by atoms with Crippen molar-refractivity contribution in [1.82, 2.24) is 4.72 Å². The van der Waals surface area contributed by atoms with Crippen LogP contribution in [-0.2, 0) is 10.0 Å². The minimum atomic E-state index is -3.96. The quantitative estimate of drug-likeness (QED) is 0.760. The number of benzene rings is 1. The number of aromatic carboxylic acids is 1. The lowest BCUT2D eigenvalue weighted by molar-refractivity contribution is 0.0695. The SMILES string of the molecule is Cc1c(C(=O)O)cc(Cl)cc1S(=O)(=O)NCC(C)(C)O. The molecule has 1 aromatic carbocycles. The van der Waals surface area contributed by atoms with Crippen LogP contribution >= 0.6 is 11.6 Å². The van der Waals surface area contributed by atoms with Crippen molar-refractivity contribution in [2.24, 2.45) is 0 Å². The van der Waals surface area contributed by atoms with Gasteiger partial charge in [-0.1, -0.05) is 11.6 Å².